The van der Waals surface area contributed by atoms with E-state index in [1.807, 2.05) is 48.2 Å². The third-order valence-corrected chi connectivity index (χ3v) is 4.63. The number of hydrogen-bond acceptors (Lipinski definition) is 4. The van der Waals surface area contributed by atoms with E-state index in [9.17, 15) is 4.79 Å². The zero-order valence-electron chi connectivity index (χ0n) is 14.5. The zero-order valence-corrected chi connectivity index (χ0v) is 14.5. The Balaban J connectivity index is 1.52. The lowest BCUT2D eigenvalue weighted by atomic mass is 10.1. The summed E-state index contributed by atoms with van der Waals surface area (Å²) in [5.74, 6) is 1.25. The van der Waals surface area contributed by atoms with Gasteiger partial charge in [-0.25, -0.2) is 4.98 Å². The lowest BCUT2D eigenvalue weighted by molar-refractivity contribution is -0.135. The highest BCUT2D eigenvalue weighted by molar-refractivity contribution is 5.78. The van der Waals surface area contributed by atoms with Gasteiger partial charge in [-0.2, -0.15) is 5.10 Å². The molecule has 1 aliphatic rings. The summed E-state index contributed by atoms with van der Waals surface area (Å²) in [6.07, 6.45) is 8.46. The first kappa shape index (κ1) is 16.7. The van der Waals surface area contributed by atoms with Crippen LogP contribution < -0.4 is 0 Å². The molecule has 1 fully saturated rings. The van der Waals surface area contributed by atoms with E-state index in [-0.39, 0.29) is 11.8 Å². The molecule has 0 unspecified atom stereocenters. The fraction of sp³-hybridized carbons (Fsp3) is 0.588. The molecule has 0 bridgehead atoms. The maximum Gasteiger partial charge on any atom is 0.227 e. The molecule has 2 aromatic rings. The van der Waals surface area contributed by atoms with Crippen LogP contribution in [0, 0.1) is 5.92 Å². The van der Waals surface area contributed by atoms with Gasteiger partial charge in [-0.3, -0.25) is 14.4 Å². The van der Waals surface area contributed by atoms with Crippen LogP contribution in [0.15, 0.2) is 30.9 Å². The standard InChI is InChI=1S/C17H26N6O/c1-15(13-23-9-3-5-19-23)17(24)22-8-4-7-21(11-12-22)14-16-18-6-10-20(16)2/h3,5-6,9-10,15H,4,7-8,11-14H2,1-2H3/t15-/m0/s1. The molecule has 0 saturated carbocycles. The van der Waals surface area contributed by atoms with Gasteiger partial charge in [0, 0.05) is 58.0 Å². The van der Waals surface area contributed by atoms with Crippen molar-refractivity contribution in [3.05, 3.63) is 36.7 Å². The maximum atomic E-state index is 12.7. The molecule has 1 atom stereocenters. The van der Waals surface area contributed by atoms with Crippen molar-refractivity contribution in [3.8, 4) is 0 Å². The predicted molar refractivity (Wildman–Crippen MR) is 91.1 cm³/mol. The number of rotatable bonds is 5. The van der Waals surface area contributed by atoms with Gasteiger partial charge in [0.1, 0.15) is 5.82 Å². The Morgan fingerprint density at radius 2 is 2.08 bits per heavy atom. The predicted octanol–water partition coefficient (Wildman–Crippen LogP) is 0.987. The van der Waals surface area contributed by atoms with E-state index in [1.165, 1.54) is 0 Å². The molecule has 24 heavy (non-hydrogen) atoms. The van der Waals surface area contributed by atoms with E-state index >= 15 is 0 Å². The third kappa shape index (κ3) is 4.03. The van der Waals surface area contributed by atoms with Crippen molar-refractivity contribution in [2.24, 2.45) is 13.0 Å². The Morgan fingerprint density at radius 3 is 2.79 bits per heavy atom. The van der Waals surface area contributed by atoms with Crippen LogP contribution in [0.5, 0.6) is 0 Å². The van der Waals surface area contributed by atoms with Crippen LogP contribution in [0.2, 0.25) is 0 Å². The van der Waals surface area contributed by atoms with Crippen molar-refractivity contribution in [2.45, 2.75) is 26.4 Å². The van der Waals surface area contributed by atoms with Gasteiger partial charge in [-0.15, -0.1) is 0 Å². The molecule has 0 N–H and O–H groups in total. The SMILES string of the molecule is C[C@@H](Cn1cccn1)C(=O)N1CCCN(Cc2nccn2C)CC1. The first-order chi connectivity index (χ1) is 11.6. The number of carbonyl (C=O) groups is 1. The topological polar surface area (TPSA) is 59.2 Å². The van der Waals surface area contributed by atoms with Gasteiger partial charge >= 0.3 is 0 Å². The van der Waals surface area contributed by atoms with E-state index in [1.54, 1.807) is 6.20 Å². The lowest BCUT2D eigenvalue weighted by Crippen LogP contribution is -2.39. The van der Waals surface area contributed by atoms with Crippen LogP contribution in [0.25, 0.3) is 0 Å². The number of hydrogen-bond donors (Lipinski definition) is 0. The number of amides is 1. The minimum Gasteiger partial charge on any atom is -0.341 e. The molecule has 7 nitrogen and oxygen atoms in total. The summed E-state index contributed by atoms with van der Waals surface area (Å²) >= 11 is 0. The molecule has 1 aliphatic heterocycles. The summed E-state index contributed by atoms with van der Waals surface area (Å²) in [4.78, 5) is 21.5. The first-order valence-corrected chi connectivity index (χ1v) is 8.58. The van der Waals surface area contributed by atoms with Gasteiger partial charge in [-0.05, 0) is 12.5 Å². The summed E-state index contributed by atoms with van der Waals surface area (Å²) in [6.45, 7) is 6.98. The monoisotopic (exact) mass is 330 g/mol. The lowest BCUT2D eigenvalue weighted by Gasteiger charge is -2.24. The molecule has 1 saturated heterocycles. The van der Waals surface area contributed by atoms with Gasteiger partial charge in [0.05, 0.1) is 19.0 Å². The molecule has 0 aromatic carbocycles. The highest BCUT2D eigenvalue weighted by atomic mass is 16.2. The van der Waals surface area contributed by atoms with E-state index in [0.29, 0.717) is 6.54 Å². The minimum atomic E-state index is -0.0500. The highest BCUT2D eigenvalue weighted by Crippen LogP contribution is 2.11. The Morgan fingerprint density at radius 1 is 1.21 bits per heavy atom. The normalized spacial score (nSPS) is 17.7. The van der Waals surface area contributed by atoms with E-state index in [4.69, 9.17) is 0 Å². The van der Waals surface area contributed by atoms with E-state index in [2.05, 4.69) is 19.5 Å². The van der Waals surface area contributed by atoms with E-state index < -0.39 is 0 Å². The highest BCUT2D eigenvalue weighted by Gasteiger charge is 2.24. The summed E-state index contributed by atoms with van der Waals surface area (Å²) in [5.41, 5.74) is 0. The molecule has 2 aromatic heterocycles. The van der Waals surface area contributed by atoms with Crippen LogP contribution in [-0.2, 0) is 24.9 Å². The van der Waals surface area contributed by atoms with Crippen LogP contribution in [0.3, 0.4) is 0 Å². The third-order valence-electron chi connectivity index (χ3n) is 4.63. The summed E-state index contributed by atoms with van der Waals surface area (Å²) < 4.78 is 3.88. The quantitative estimate of drug-likeness (QED) is 0.820. The molecular formula is C17H26N6O. The number of aryl methyl sites for hydroxylation is 1. The Kier molecular flexibility index (Phi) is 5.30. The van der Waals surface area contributed by atoms with Crippen molar-refractivity contribution in [3.63, 3.8) is 0 Å². The van der Waals surface area contributed by atoms with Crippen LogP contribution in [-0.4, -0.2) is 61.2 Å². The summed E-state index contributed by atoms with van der Waals surface area (Å²) in [6, 6.07) is 1.89. The van der Waals surface area contributed by atoms with Gasteiger partial charge < -0.3 is 9.47 Å². The molecule has 130 valence electrons. The second kappa shape index (κ2) is 7.61. The van der Waals surface area contributed by atoms with Crippen molar-refractivity contribution >= 4 is 5.91 Å². The Hall–Kier alpha value is -2.15. The molecule has 0 radical (unpaired) electrons. The molecular weight excluding hydrogens is 304 g/mol. The molecule has 3 heterocycles. The Bertz CT molecular complexity index is 650. The van der Waals surface area contributed by atoms with Gasteiger partial charge in [0.15, 0.2) is 0 Å². The number of aromatic nitrogens is 4. The fourth-order valence-corrected chi connectivity index (χ4v) is 3.18. The van der Waals surface area contributed by atoms with Crippen LogP contribution in [0.1, 0.15) is 19.2 Å². The van der Waals surface area contributed by atoms with Gasteiger partial charge in [0.25, 0.3) is 0 Å². The average Bonchev–Trinajstić information content (AvgIpc) is 3.15. The molecule has 0 spiro atoms. The van der Waals surface area contributed by atoms with Crippen LogP contribution >= 0.6 is 0 Å². The van der Waals surface area contributed by atoms with E-state index in [0.717, 1.165) is 45.0 Å². The Labute approximate surface area is 142 Å². The van der Waals surface area contributed by atoms with Gasteiger partial charge in [-0.1, -0.05) is 6.92 Å². The second-order valence-corrected chi connectivity index (χ2v) is 6.54. The number of nitrogens with zero attached hydrogens (tertiary/aromatic N) is 6. The first-order valence-electron chi connectivity index (χ1n) is 8.58. The molecule has 1 amide bonds. The summed E-state index contributed by atoms with van der Waals surface area (Å²) in [5, 5.41) is 4.19. The van der Waals surface area contributed by atoms with Gasteiger partial charge in [0.2, 0.25) is 5.91 Å². The largest absolute Gasteiger partial charge is 0.341 e. The van der Waals surface area contributed by atoms with Crippen LogP contribution in [0.4, 0.5) is 0 Å². The average molecular weight is 330 g/mol. The number of imidazole rings is 1. The number of carbonyl (C=O) groups excluding carboxylic acids is 1. The minimum absolute atomic E-state index is 0.0500. The fourth-order valence-electron chi connectivity index (χ4n) is 3.18. The molecule has 7 heteroatoms. The second-order valence-electron chi connectivity index (χ2n) is 6.54. The maximum absolute atomic E-state index is 12.7. The molecule has 3 rings (SSSR count). The van der Waals surface area contributed by atoms with Crippen molar-refractivity contribution in [1.29, 1.82) is 0 Å². The zero-order chi connectivity index (χ0) is 16.9. The summed E-state index contributed by atoms with van der Waals surface area (Å²) in [7, 11) is 2.02. The van der Waals surface area contributed by atoms with Crippen molar-refractivity contribution in [1.82, 2.24) is 29.1 Å². The van der Waals surface area contributed by atoms with Crippen molar-refractivity contribution < 1.29 is 4.79 Å². The molecule has 0 aliphatic carbocycles. The smallest absolute Gasteiger partial charge is 0.227 e. The van der Waals surface area contributed by atoms with Crippen molar-refractivity contribution in [2.75, 3.05) is 26.2 Å².